The van der Waals surface area contributed by atoms with E-state index in [1.807, 2.05) is 6.92 Å². The number of hydrogen-bond donors (Lipinski definition) is 1. The number of methoxy groups -OCH3 is 1. The van der Waals surface area contributed by atoms with Gasteiger partial charge in [0.25, 0.3) is 5.91 Å². The monoisotopic (exact) mass is 244 g/mol. The van der Waals surface area contributed by atoms with Crippen LogP contribution in [0.5, 0.6) is 0 Å². The predicted molar refractivity (Wildman–Crippen MR) is 61.7 cm³/mol. The summed E-state index contributed by atoms with van der Waals surface area (Å²) in [5.41, 5.74) is 0.426. The first kappa shape index (κ1) is 13.1. The number of thiazole rings is 1. The van der Waals surface area contributed by atoms with Crippen molar-refractivity contribution in [2.75, 3.05) is 27.3 Å². The van der Waals surface area contributed by atoms with E-state index < -0.39 is 6.10 Å². The van der Waals surface area contributed by atoms with Gasteiger partial charge in [-0.3, -0.25) is 4.79 Å². The summed E-state index contributed by atoms with van der Waals surface area (Å²) in [4.78, 5) is 17.4. The van der Waals surface area contributed by atoms with Crippen LogP contribution in [0.25, 0.3) is 0 Å². The molecule has 1 unspecified atom stereocenters. The van der Waals surface area contributed by atoms with Gasteiger partial charge >= 0.3 is 0 Å². The Kier molecular flexibility index (Phi) is 4.85. The quantitative estimate of drug-likeness (QED) is 0.820. The molecule has 5 nitrogen and oxygen atoms in total. The van der Waals surface area contributed by atoms with Gasteiger partial charge in [-0.15, -0.1) is 11.3 Å². The van der Waals surface area contributed by atoms with E-state index in [4.69, 9.17) is 4.74 Å². The number of amides is 1. The molecule has 6 heteroatoms. The van der Waals surface area contributed by atoms with Gasteiger partial charge in [-0.05, 0) is 6.92 Å². The lowest BCUT2D eigenvalue weighted by atomic mass is 10.3. The van der Waals surface area contributed by atoms with E-state index in [2.05, 4.69) is 4.98 Å². The van der Waals surface area contributed by atoms with Crippen LogP contribution in [-0.2, 0) is 4.74 Å². The highest BCUT2D eigenvalue weighted by Crippen LogP contribution is 2.10. The summed E-state index contributed by atoms with van der Waals surface area (Å²) >= 11 is 1.43. The zero-order valence-electron chi connectivity index (χ0n) is 9.64. The van der Waals surface area contributed by atoms with Crippen molar-refractivity contribution in [2.45, 2.75) is 13.0 Å². The van der Waals surface area contributed by atoms with Gasteiger partial charge in [-0.2, -0.15) is 0 Å². The lowest BCUT2D eigenvalue weighted by molar-refractivity contribution is 0.0378. The summed E-state index contributed by atoms with van der Waals surface area (Å²) in [6, 6.07) is 0. The Morgan fingerprint density at radius 3 is 2.94 bits per heavy atom. The minimum absolute atomic E-state index is 0.181. The van der Waals surface area contributed by atoms with Gasteiger partial charge in [0, 0.05) is 26.1 Å². The van der Waals surface area contributed by atoms with Crippen LogP contribution in [0.1, 0.15) is 15.5 Å². The second kappa shape index (κ2) is 5.93. The Balaban J connectivity index is 2.54. The fourth-order valence-electron chi connectivity index (χ4n) is 1.30. The molecular formula is C10H16N2O3S. The number of likely N-dealkylation sites (N-methyl/N-ethyl adjacent to an activating group) is 1. The second-order valence-corrected chi connectivity index (χ2v) is 4.61. The molecule has 0 saturated heterocycles. The van der Waals surface area contributed by atoms with E-state index >= 15 is 0 Å². The van der Waals surface area contributed by atoms with Gasteiger partial charge in [-0.1, -0.05) is 0 Å². The average Bonchev–Trinajstić information content (AvgIpc) is 2.64. The highest BCUT2D eigenvalue weighted by Gasteiger charge is 2.17. The molecule has 16 heavy (non-hydrogen) atoms. The summed E-state index contributed by atoms with van der Waals surface area (Å²) < 4.78 is 4.79. The number of nitrogens with zero attached hydrogens (tertiary/aromatic N) is 2. The highest BCUT2D eigenvalue weighted by molar-refractivity contribution is 7.09. The summed E-state index contributed by atoms with van der Waals surface area (Å²) in [7, 11) is 3.14. The molecule has 0 fully saturated rings. The second-order valence-electron chi connectivity index (χ2n) is 3.55. The number of carbonyl (C=O) groups is 1. The Bertz CT molecular complexity index is 354. The first-order valence-corrected chi connectivity index (χ1v) is 5.77. The lowest BCUT2D eigenvalue weighted by Crippen LogP contribution is -2.36. The van der Waals surface area contributed by atoms with Crippen molar-refractivity contribution in [2.24, 2.45) is 0 Å². The number of rotatable bonds is 5. The van der Waals surface area contributed by atoms with Crippen LogP contribution >= 0.6 is 11.3 Å². The predicted octanol–water partition coefficient (Wildman–Crippen LogP) is 0.531. The maximum Gasteiger partial charge on any atom is 0.273 e. The molecule has 0 aliphatic heterocycles. The minimum Gasteiger partial charge on any atom is -0.389 e. The molecule has 90 valence electrons. The van der Waals surface area contributed by atoms with Crippen molar-refractivity contribution in [1.29, 1.82) is 0 Å². The maximum absolute atomic E-state index is 11.8. The zero-order chi connectivity index (χ0) is 12.1. The number of aliphatic hydroxyl groups excluding tert-OH is 1. The maximum atomic E-state index is 11.8. The molecule has 0 aliphatic rings. The minimum atomic E-state index is -0.668. The summed E-state index contributed by atoms with van der Waals surface area (Å²) in [5.74, 6) is -0.181. The zero-order valence-corrected chi connectivity index (χ0v) is 10.5. The molecule has 0 saturated carbocycles. The molecule has 0 radical (unpaired) electrons. The Morgan fingerprint density at radius 1 is 1.75 bits per heavy atom. The SMILES string of the molecule is COCC(O)CN(C)C(=O)c1csc(C)n1. The van der Waals surface area contributed by atoms with Crippen LogP contribution in [0.2, 0.25) is 0 Å². The van der Waals surface area contributed by atoms with Crippen LogP contribution in [-0.4, -0.2) is 54.3 Å². The topological polar surface area (TPSA) is 62.7 Å². The highest BCUT2D eigenvalue weighted by atomic mass is 32.1. The van der Waals surface area contributed by atoms with Crippen LogP contribution in [0.4, 0.5) is 0 Å². The molecule has 0 bridgehead atoms. The molecule has 0 aromatic carbocycles. The molecule has 1 atom stereocenters. The fraction of sp³-hybridized carbons (Fsp3) is 0.600. The van der Waals surface area contributed by atoms with E-state index in [-0.39, 0.29) is 19.1 Å². The van der Waals surface area contributed by atoms with Crippen molar-refractivity contribution in [3.63, 3.8) is 0 Å². The molecule has 1 amide bonds. The Hall–Kier alpha value is -0.980. The van der Waals surface area contributed by atoms with Crippen molar-refractivity contribution < 1.29 is 14.6 Å². The molecule has 1 aromatic rings. The van der Waals surface area contributed by atoms with Crippen molar-refractivity contribution in [1.82, 2.24) is 9.88 Å². The molecule has 0 spiro atoms. The van der Waals surface area contributed by atoms with Gasteiger partial charge < -0.3 is 14.7 Å². The molecule has 1 aromatic heterocycles. The number of hydrogen-bond acceptors (Lipinski definition) is 5. The Labute approximate surface area is 98.7 Å². The van der Waals surface area contributed by atoms with Gasteiger partial charge in [0.2, 0.25) is 0 Å². The van der Waals surface area contributed by atoms with Gasteiger partial charge in [0.1, 0.15) is 5.69 Å². The van der Waals surface area contributed by atoms with Crippen molar-refractivity contribution in [3.8, 4) is 0 Å². The third-order valence-electron chi connectivity index (χ3n) is 2.03. The van der Waals surface area contributed by atoms with Crippen LogP contribution in [0.15, 0.2) is 5.38 Å². The summed E-state index contributed by atoms with van der Waals surface area (Å²) in [6.45, 7) is 2.30. The largest absolute Gasteiger partial charge is 0.389 e. The van der Waals surface area contributed by atoms with Gasteiger partial charge in [-0.25, -0.2) is 4.98 Å². The first-order chi connectivity index (χ1) is 7.54. The number of carbonyl (C=O) groups excluding carboxylic acids is 1. The molecule has 1 rings (SSSR count). The molecule has 1 heterocycles. The lowest BCUT2D eigenvalue weighted by Gasteiger charge is -2.19. The van der Waals surface area contributed by atoms with E-state index in [1.54, 1.807) is 12.4 Å². The summed E-state index contributed by atoms with van der Waals surface area (Å²) in [6.07, 6.45) is -0.668. The molecular weight excluding hydrogens is 228 g/mol. The van der Waals surface area contributed by atoms with Gasteiger partial charge in [0.05, 0.1) is 17.7 Å². The number of aromatic nitrogens is 1. The van der Waals surface area contributed by atoms with Crippen molar-refractivity contribution in [3.05, 3.63) is 16.1 Å². The normalized spacial score (nSPS) is 12.5. The number of aliphatic hydroxyl groups is 1. The Morgan fingerprint density at radius 2 is 2.44 bits per heavy atom. The first-order valence-electron chi connectivity index (χ1n) is 4.89. The molecule has 1 N–H and O–H groups in total. The third kappa shape index (κ3) is 3.55. The van der Waals surface area contributed by atoms with Crippen LogP contribution in [0.3, 0.4) is 0 Å². The number of ether oxygens (including phenoxy) is 1. The smallest absolute Gasteiger partial charge is 0.273 e. The number of aryl methyl sites for hydroxylation is 1. The van der Waals surface area contributed by atoms with Crippen LogP contribution in [0, 0.1) is 6.92 Å². The van der Waals surface area contributed by atoms with Crippen molar-refractivity contribution >= 4 is 17.2 Å². The van der Waals surface area contributed by atoms with E-state index in [9.17, 15) is 9.90 Å². The molecule has 0 aliphatic carbocycles. The van der Waals surface area contributed by atoms with E-state index in [0.717, 1.165) is 5.01 Å². The average molecular weight is 244 g/mol. The standard InChI is InChI=1S/C10H16N2O3S/c1-7-11-9(6-16-7)10(14)12(2)4-8(13)5-15-3/h6,8,13H,4-5H2,1-3H3. The summed E-state index contributed by atoms with van der Waals surface area (Å²) in [5, 5.41) is 12.1. The van der Waals surface area contributed by atoms with Crippen LogP contribution < -0.4 is 0 Å². The van der Waals surface area contributed by atoms with Gasteiger partial charge in [0.15, 0.2) is 0 Å². The van der Waals surface area contributed by atoms with E-state index in [1.165, 1.54) is 23.3 Å². The fourth-order valence-corrected chi connectivity index (χ4v) is 1.89. The van der Waals surface area contributed by atoms with E-state index in [0.29, 0.717) is 5.69 Å². The third-order valence-corrected chi connectivity index (χ3v) is 2.80.